The van der Waals surface area contributed by atoms with Gasteiger partial charge in [0.05, 0.1) is 13.2 Å². The highest BCUT2D eigenvalue weighted by atomic mass is 35.5. The molecule has 2 aromatic rings. The normalized spacial score (nSPS) is 18.3. The van der Waals surface area contributed by atoms with E-state index < -0.39 is 41.8 Å². The predicted octanol–water partition coefficient (Wildman–Crippen LogP) is 7.76. The fraction of sp³-hybridized carbons (Fsp3) is 0.552. The first-order chi connectivity index (χ1) is 19.4. The molecule has 236 valence electrons. The van der Waals surface area contributed by atoms with Crippen molar-refractivity contribution in [1.29, 1.82) is 0 Å². The zero-order valence-electron chi connectivity index (χ0n) is 22.9. The van der Waals surface area contributed by atoms with Crippen LogP contribution < -0.4 is 5.32 Å². The Morgan fingerprint density at radius 3 is 1.50 bits per heavy atom. The average molecular weight is 646 g/mol. The van der Waals surface area contributed by atoms with Gasteiger partial charge in [0.1, 0.15) is 0 Å². The number of amides is 1. The van der Waals surface area contributed by atoms with Gasteiger partial charge < -0.3 is 19.7 Å². The molecule has 13 heteroatoms. The molecule has 2 fully saturated rings. The minimum atomic E-state index is -4.42. The summed E-state index contributed by atoms with van der Waals surface area (Å²) in [5, 5.41) is 2.45. The van der Waals surface area contributed by atoms with Crippen molar-refractivity contribution >= 4 is 29.4 Å². The highest BCUT2D eigenvalue weighted by molar-refractivity contribution is 6.62. The van der Waals surface area contributed by atoms with E-state index in [2.05, 4.69) is 5.32 Å². The van der Waals surface area contributed by atoms with Crippen LogP contribution in [0.5, 0.6) is 0 Å². The number of alkyl halides is 6. The monoisotopic (exact) mass is 644 g/mol. The maximum Gasteiger partial charge on any atom is 0.414 e. The fourth-order valence-corrected chi connectivity index (χ4v) is 5.21. The van der Waals surface area contributed by atoms with Gasteiger partial charge in [-0.3, -0.25) is 4.79 Å². The highest BCUT2D eigenvalue weighted by Gasteiger charge is 2.47. The van der Waals surface area contributed by atoms with Crippen LogP contribution in [0.3, 0.4) is 0 Å². The topological polar surface area (TPSA) is 50.8 Å². The van der Waals surface area contributed by atoms with E-state index >= 15 is 0 Å². The van der Waals surface area contributed by atoms with Crippen molar-refractivity contribution in [3.8, 4) is 0 Å². The number of nitrogens with zero attached hydrogens (tertiary/aromatic N) is 1. The average Bonchev–Trinajstić information content (AvgIpc) is 2.94. The molecule has 0 bridgehead atoms. The largest absolute Gasteiger partial charge is 0.414 e. The molecule has 4 rings (SSSR count). The number of benzene rings is 2. The molecule has 0 saturated carbocycles. The van der Waals surface area contributed by atoms with Gasteiger partial charge in [-0.2, -0.15) is 26.3 Å². The molecule has 0 spiro atoms. The van der Waals surface area contributed by atoms with Crippen LogP contribution in [0.4, 0.5) is 31.1 Å². The minimum absolute atomic E-state index is 0. The molecular weight excluding hydrogens is 609 g/mol. The van der Waals surface area contributed by atoms with Crippen molar-refractivity contribution in [3.05, 3.63) is 71.8 Å². The molecule has 2 aliphatic rings. The van der Waals surface area contributed by atoms with Crippen LogP contribution in [0.25, 0.3) is 0 Å². The third-order valence-electron chi connectivity index (χ3n) is 7.22. The van der Waals surface area contributed by atoms with Crippen LogP contribution in [0, 0.1) is 11.8 Å². The third-order valence-corrected chi connectivity index (χ3v) is 7.46. The van der Waals surface area contributed by atoms with Gasteiger partial charge in [-0.1, -0.05) is 60.7 Å². The van der Waals surface area contributed by atoms with Crippen LogP contribution in [-0.4, -0.2) is 61.0 Å². The number of nitrogens with one attached hydrogen (secondary N) is 1. The zero-order chi connectivity index (χ0) is 29.9. The van der Waals surface area contributed by atoms with Crippen molar-refractivity contribution in [3.63, 3.8) is 0 Å². The molecule has 2 heterocycles. The molecular formula is C29H36Cl2F6N2O3. The minimum Gasteiger partial charge on any atom is -0.364 e. The maximum atomic E-state index is 13.2. The summed E-state index contributed by atoms with van der Waals surface area (Å²) in [4.78, 5) is 12.4. The lowest BCUT2D eigenvalue weighted by molar-refractivity contribution is -0.243. The summed E-state index contributed by atoms with van der Waals surface area (Å²) >= 11 is 5.35. The highest BCUT2D eigenvalue weighted by Crippen LogP contribution is 2.35. The summed E-state index contributed by atoms with van der Waals surface area (Å²) in [6.07, 6.45) is -10.7. The van der Waals surface area contributed by atoms with Crippen LogP contribution in [-0.2, 0) is 22.7 Å². The summed E-state index contributed by atoms with van der Waals surface area (Å²) in [5.41, 5.74) is 1.47. The summed E-state index contributed by atoms with van der Waals surface area (Å²) in [5.74, 6) is -1.10. The van der Waals surface area contributed by atoms with Crippen LogP contribution in [0.1, 0.15) is 36.8 Å². The van der Waals surface area contributed by atoms with Gasteiger partial charge >= 0.3 is 17.7 Å². The van der Waals surface area contributed by atoms with Crippen molar-refractivity contribution in [1.82, 2.24) is 10.2 Å². The first-order valence-corrected chi connectivity index (χ1v) is 13.9. The Morgan fingerprint density at radius 1 is 0.762 bits per heavy atom. The summed E-state index contributed by atoms with van der Waals surface area (Å²) in [7, 11) is 0. The number of rotatable bonds is 8. The van der Waals surface area contributed by atoms with Gasteiger partial charge in [-0.05, 0) is 73.3 Å². The third kappa shape index (κ3) is 11.9. The van der Waals surface area contributed by atoms with Crippen LogP contribution in [0.15, 0.2) is 60.7 Å². The van der Waals surface area contributed by atoms with E-state index in [1.54, 1.807) is 54.6 Å². The van der Waals surface area contributed by atoms with Gasteiger partial charge in [0.2, 0.25) is 0 Å². The van der Waals surface area contributed by atoms with Crippen molar-refractivity contribution < 1.29 is 40.6 Å². The van der Waals surface area contributed by atoms with Gasteiger partial charge in [0.25, 0.3) is 0 Å². The molecule has 2 unspecified atom stereocenters. The number of carbonyl (C=O) groups is 1. The maximum absolute atomic E-state index is 13.2. The van der Waals surface area contributed by atoms with Gasteiger partial charge in [0, 0.05) is 13.1 Å². The predicted molar refractivity (Wildman–Crippen MR) is 151 cm³/mol. The second-order valence-corrected chi connectivity index (χ2v) is 10.5. The first-order valence-electron chi connectivity index (χ1n) is 13.5. The van der Waals surface area contributed by atoms with E-state index in [0.717, 1.165) is 5.56 Å². The van der Waals surface area contributed by atoms with E-state index in [4.69, 9.17) is 21.1 Å². The van der Waals surface area contributed by atoms with Crippen LogP contribution >= 0.6 is 24.0 Å². The van der Waals surface area contributed by atoms with Crippen molar-refractivity contribution in [2.45, 2.75) is 63.5 Å². The smallest absolute Gasteiger partial charge is 0.364 e. The Hall–Kier alpha value is -2.05. The van der Waals surface area contributed by atoms with E-state index in [1.807, 2.05) is 6.07 Å². The molecule has 42 heavy (non-hydrogen) atoms. The number of piperidine rings is 2. The first kappa shape index (κ1) is 36.1. The van der Waals surface area contributed by atoms with Gasteiger partial charge in [0.15, 0.2) is 12.2 Å². The Balaban J connectivity index is 0.000000289. The van der Waals surface area contributed by atoms with Crippen LogP contribution in [0.2, 0.25) is 0 Å². The van der Waals surface area contributed by atoms with E-state index in [-0.39, 0.29) is 51.6 Å². The lowest BCUT2D eigenvalue weighted by Gasteiger charge is -2.35. The van der Waals surface area contributed by atoms with E-state index in [0.29, 0.717) is 31.5 Å². The Morgan fingerprint density at radius 2 is 1.14 bits per heavy atom. The molecule has 2 aliphatic heterocycles. The molecule has 2 saturated heterocycles. The molecule has 2 atom stereocenters. The standard InChI is InChI=1S/C15H17ClF3NO2.C14H18F3NO.ClH/c16-14(21)20-8-6-12(7-9-20)13(15(17,18)19)22-10-11-4-2-1-3-5-11;15-14(16,17)13(12-6-8-18-9-7-12)19-10-11-4-2-1-3-5-11;/h1-5,12-13H,6-10H2;1-5,12-13,18H,6-10H2;1H. The number of halogens is 8. The molecule has 5 nitrogen and oxygen atoms in total. The van der Waals surface area contributed by atoms with Gasteiger partial charge in [-0.25, -0.2) is 0 Å². The molecule has 1 N–H and O–H groups in total. The lowest BCUT2D eigenvalue weighted by atomic mass is 9.91. The van der Waals surface area contributed by atoms with E-state index in [9.17, 15) is 31.1 Å². The second kappa shape index (κ2) is 17.3. The molecule has 0 aliphatic carbocycles. The fourth-order valence-electron chi connectivity index (χ4n) is 5.04. The Labute approximate surface area is 253 Å². The number of hydrogen-bond acceptors (Lipinski definition) is 4. The summed E-state index contributed by atoms with van der Waals surface area (Å²) in [6, 6.07) is 17.7. The Kier molecular flexibility index (Phi) is 14.9. The number of likely N-dealkylation sites (tertiary alicyclic amines) is 1. The van der Waals surface area contributed by atoms with E-state index in [1.165, 1.54) is 4.90 Å². The molecule has 1 amide bonds. The van der Waals surface area contributed by atoms with Gasteiger partial charge in [-0.15, -0.1) is 12.4 Å². The van der Waals surface area contributed by atoms with Crippen molar-refractivity contribution in [2.24, 2.45) is 11.8 Å². The Bertz CT molecular complexity index is 1030. The lowest BCUT2D eigenvalue weighted by Crippen LogP contribution is -2.45. The molecule has 0 radical (unpaired) electrons. The molecule has 0 aromatic heterocycles. The second-order valence-electron chi connectivity index (χ2n) is 10.2. The molecule has 2 aromatic carbocycles. The SMILES string of the molecule is Cl.FC(F)(F)C(OCc1ccccc1)C1CCNCC1.O=C(Cl)N1CCC(C(OCc2ccccc2)C(F)(F)F)CC1. The summed E-state index contributed by atoms with van der Waals surface area (Å²) in [6.45, 7) is 1.65. The quantitative estimate of drug-likeness (QED) is 0.181. The zero-order valence-corrected chi connectivity index (χ0v) is 24.5. The summed E-state index contributed by atoms with van der Waals surface area (Å²) < 4.78 is 89.2. The number of hydrogen-bond donors (Lipinski definition) is 1. The number of carbonyl (C=O) groups excluding carboxylic acids is 1. The number of ether oxygens (including phenoxy) is 2. The van der Waals surface area contributed by atoms with Crippen molar-refractivity contribution in [2.75, 3.05) is 26.2 Å².